The van der Waals surface area contributed by atoms with E-state index in [4.69, 9.17) is 13.9 Å². The quantitative estimate of drug-likeness (QED) is 0.457. The van der Waals surface area contributed by atoms with Gasteiger partial charge in [-0.3, -0.25) is 9.69 Å². The lowest BCUT2D eigenvalue weighted by Gasteiger charge is -2.26. The Labute approximate surface area is 188 Å². The molecule has 1 saturated heterocycles. The summed E-state index contributed by atoms with van der Waals surface area (Å²) >= 11 is 0. The van der Waals surface area contributed by atoms with Gasteiger partial charge in [-0.05, 0) is 36.9 Å². The third-order valence-corrected chi connectivity index (χ3v) is 6.25. The fraction of sp³-hybridized carbons (Fsp3) is 0.462. The first kappa shape index (κ1) is 22.5. The van der Waals surface area contributed by atoms with Crippen molar-refractivity contribution in [1.82, 2.24) is 4.90 Å². The number of rotatable bonds is 10. The molecule has 0 spiro atoms. The van der Waals surface area contributed by atoms with Gasteiger partial charge in [-0.25, -0.2) is 0 Å². The van der Waals surface area contributed by atoms with E-state index in [1.165, 1.54) is 0 Å². The van der Waals surface area contributed by atoms with Gasteiger partial charge in [-0.15, -0.1) is 0 Å². The summed E-state index contributed by atoms with van der Waals surface area (Å²) in [6, 6.07) is 9.96. The van der Waals surface area contributed by atoms with Crippen molar-refractivity contribution < 1.29 is 23.5 Å². The van der Waals surface area contributed by atoms with Crippen molar-refractivity contribution in [3.63, 3.8) is 0 Å². The first-order valence-electron chi connectivity index (χ1n) is 11.5. The van der Waals surface area contributed by atoms with E-state index in [-0.39, 0.29) is 17.5 Å². The molecule has 1 aliphatic heterocycles. The summed E-state index contributed by atoms with van der Waals surface area (Å²) in [5, 5.41) is 2.95. The molecule has 1 aliphatic rings. The van der Waals surface area contributed by atoms with Gasteiger partial charge >= 0.3 is 0 Å². The summed E-state index contributed by atoms with van der Waals surface area (Å²) in [7, 11) is 0. The molecule has 2 heterocycles. The van der Waals surface area contributed by atoms with Crippen LogP contribution in [0.25, 0.3) is 21.7 Å². The van der Waals surface area contributed by atoms with Crippen molar-refractivity contribution in [2.24, 2.45) is 0 Å². The zero-order valence-corrected chi connectivity index (χ0v) is 18.9. The molecule has 0 saturated carbocycles. The summed E-state index contributed by atoms with van der Waals surface area (Å²) in [4.78, 5) is 26.7. The van der Waals surface area contributed by atoms with Crippen LogP contribution in [0.3, 0.4) is 0 Å². The predicted octanol–water partition coefficient (Wildman–Crippen LogP) is 4.73. The molecule has 0 N–H and O–H groups in total. The Morgan fingerprint density at radius 1 is 1.12 bits per heavy atom. The van der Waals surface area contributed by atoms with E-state index in [9.17, 15) is 9.59 Å². The lowest BCUT2D eigenvalue weighted by molar-refractivity contribution is -0.120. The number of carbonyl (C=O) groups is 2. The standard InChI is InChI=1S/C26H31NO5/c1-3-23(29)19(8-7-18(2)28)22-17-32-25-10-9-20-21(26(22)25)5-4-6-24(20)31-16-13-27-11-14-30-15-12-27/h4-6,9-10,17,19H,3,7-8,11-16H2,1-2H3. The maximum absolute atomic E-state index is 12.8. The third-order valence-electron chi connectivity index (χ3n) is 6.25. The first-order valence-corrected chi connectivity index (χ1v) is 11.5. The summed E-state index contributed by atoms with van der Waals surface area (Å²) in [6.45, 7) is 8.31. The third kappa shape index (κ3) is 4.87. The maximum atomic E-state index is 12.8. The number of hydrogen-bond donors (Lipinski definition) is 0. The van der Waals surface area contributed by atoms with Gasteiger partial charge in [-0.1, -0.05) is 19.1 Å². The van der Waals surface area contributed by atoms with Crippen LogP contribution in [0.5, 0.6) is 5.75 Å². The van der Waals surface area contributed by atoms with Crippen molar-refractivity contribution in [2.75, 3.05) is 39.5 Å². The number of ketones is 2. The van der Waals surface area contributed by atoms with Gasteiger partial charge in [0.05, 0.1) is 19.5 Å². The number of hydrogen-bond acceptors (Lipinski definition) is 6. The summed E-state index contributed by atoms with van der Waals surface area (Å²) in [6.07, 6.45) is 3.00. The zero-order chi connectivity index (χ0) is 22.5. The molecule has 1 atom stereocenters. The van der Waals surface area contributed by atoms with Crippen LogP contribution in [0.2, 0.25) is 0 Å². The second-order valence-corrected chi connectivity index (χ2v) is 8.40. The molecule has 2 aromatic carbocycles. The lowest BCUT2D eigenvalue weighted by Crippen LogP contribution is -2.38. The summed E-state index contributed by atoms with van der Waals surface area (Å²) in [5.74, 6) is 0.699. The van der Waals surface area contributed by atoms with E-state index >= 15 is 0 Å². The number of ether oxygens (including phenoxy) is 2. The van der Waals surface area contributed by atoms with Gasteiger partial charge in [-0.2, -0.15) is 0 Å². The number of nitrogens with zero attached hydrogens (tertiary/aromatic N) is 1. The Morgan fingerprint density at radius 2 is 1.94 bits per heavy atom. The number of benzene rings is 2. The summed E-state index contributed by atoms with van der Waals surface area (Å²) < 4.78 is 17.4. The van der Waals surface area contributed by atoms with Crippen LogP contribution in [0, 0.1) is 0 Å². The zero-order valence-electron chi connectivity index (χ0n) is 18.9. The lowest BCUT2D eigenvalue weighted by atomic mass is 9.87. The molecular weight excluding hydrogens is 406 g/mol. The van der Waals surface area contributed by atoms with E-state index in [2.05, 4.69) is 4.90 Å². The molecule has 1 aromatic heterocycles. The van der Waals surface area contributed by atoms with Crippen LogP contribution in [-0.2, 0) is 14.3 Å². The highest BCUT2D eigenvalue weighted by Crippen LogP contribution is 2.39. The number of furan rings is 1. The fourth-order valence-electron chi connectivity index (χ4n) is 4.47. The minimum absolute atomic E-state index is 0.0903. The fourth-order valence-corrected chi connectivity index (χ4v) is 4.47. The Balaban J connectivity index is 1.65. The van der Waals surface area contributed by atoms with Gasteiger partial charge in [0.15, 0.2) is 0 Å². The molecule has 1 unspecified atom stereocenters. The van der Waals surface area contributed by atoms with Crippen LogP contribution < -0.4 is 4.74 Å². The predicted molar refractivity (Wildman–Crippen MR) is 124 cm³/mol. The average molecular weight is 438 g/mol. The van der Waals surface area contributed by atoms with Gasteiger partial charge < -0.3 is 18.7 Å². The SMILES string of the molecule is CCC(=O)C(CCC(C)=O)c1coc2ccc3c(OCCN4CCOCC4)cccc3c12. The van der Waals surface area contributed by atoms with Crippen molar-refractivity contribution in [1.29, 1.82) is 0 Å². The molecule has 4 rings (SSSR count). The van der Waals surface area contributed by atoms with Gasteiger partial charge in [0.2, 0.25) is 0 Å². The molecular formula is C26H31NO5. The molecule has 6 nitrogen and oxygen atoms in total. The Hall–Kier alpha value is -2.70. The van der Waals surface area contributed by atoms with E-state index in [0.29, 0.717) is 25.9 Å². The van der Waals surface area contributed by atoms with E-state index in [1.54, 1.807) is 13.2 Å². The number of morpholine rings is 1. The highest BCUT2D eigenvalue weighted by Gasteiger charge is 2.25. The van der Waals surface area contributed by atoms with Crippen molar-refractivity contribution >= 4 is 33.3 Å². The average Bonchev–Trinajstić information content (AvgIpc) is 3.24. The van der Waals surface area contributed by atoms with Crippen molar-refractivity contribution in [3.8, 4) is 5.75 Å². The Kier molecular flexibility index (Phi) is 7.22. The molecule has 170 valence electrons. The molecule has 3 aromatic rings. The molecule has 0 radical (unpaired) electrons. The topological polar surface area (TPSA) is 69.0 Å². The number of carbonyl (C=O) groups excluding carboxylic acids is 2. The van der Waals surface area contributed by atoms with Crippen LogP contribution in [-0.4, -0.2) is 55.9 Å². The van der Waals surface area contributed by atoms with Crippen LogP contribution in [0.4, 0.5) is 0 Å². The van der Waals surface area contributed by atoms with Crippen molar-refractivity contribution in [2.45, 2.75) is 39.0 Å². The monoisotopic (exact) mass is 437 g/mol. The van der Waals surface area contributed by atoms with E-state index in [1.807, 2.05) is 37.3 Å². The largest absolute Gasteiger partial charge is 0.492 e. The van der Waals surface area contributed by atoms with Crippen LogP contribution in [0.15, 0.2) is 41.0 Å². The minimum Gasteiger partial charge on any atom is -0.492 e. The maximum Gasteiger partial charge on any atom is 0.140 e. The van der Waals surface area contributed by atoms with Gasteiger partial charge in [0.1, 0.15) is 29.5 Å². The Bertz CT molecular complexity index is 1100. The Morgan fingerprint density at radius 3 is 2.69 bits per heavy atom. The number of Topliss-reactive ketones (excluding diaryl/α,β-unsaturated/α-hetero) is 2. The molecule has 0 amide bonds. The highest BCUT2D eigenvalue weighted by molar-refractivity contribution is 6.11. The number of fused-ring (bicyclic) bond motifs is 3. The van der Waals surface area contributed by atoms with E-state index < -0.39 is 0 Å². The van der Waals surface area contributed by atoms with Gasteiger partial charge in [0, 0.05) is 54.7 Å². The highest BCUT2D eigenvalue weighted by atomic mass is 16.5. The molecule has 32 heavy (non-hydrogen) atoms. The summed E-state index contributed by atoms with van der Waals surface area (Å²) in [5.41, 5.74) is 1.61. The molecule has 1 fully saturated rings. The normalized spacial score (nSPS) is 15.8. The second kappa shape index (κ2) is 10.3. The second-order valence-electron chi connectivity index (χ2n) is 8.40. The van der Waals surface area contributed by atoms with Crippen LogP contribution >= 0.6 is 0 Å². The molecule has 6 heteroatoms. The first-order chi connectivity index (χ1) is 15.6. The smallest absolute Gasteiger partial charge is 0.140 e. The minimum atomic E-state index is -0.346. The van der Waals surface area contributed by atoms with E-state index in [0.717, 1.165) is 65.9 Å². The van der Waals surface area contributed by atoms with Crippen LogP contribution in [0.1, 0.15) is 44.6 Å². The van der Waals surface area contributed by atoms with Gasteiger partial charge in [0.25, 0.3) is 0 Å². The van der Waals surface area contributed by atoms with Crippen molar-refractivity contribution in [3.05, 3.63) is 42.2 Å². The molecule has 0 bridgehead atoms. The molecule has 0 aliphatic carbocycles.